The van der Waals surface area contributed by atoms with Crippen molar-refractivity contribution in [3.8, 4) is 0 Å². The third kappa shape index (κ3) is 1.47. The van der Waals surface area contributed by atoms with Gasteiger partial charge < -0.3 is 10.6 Å². The van der Waals surface area contributed by atoms with Crippen molar-refractivity contribution in [2.75, 3.05) is 5.32 Å². The molecule has 4 heteroatoms. The van der Waals surface area contributed by atoms with E-state index in [1.54, 1.807) is 11.3 Å². The SMILES string of the molecule is O=C1N[C@@H](c2ccsc2)Nc2ccccc21. The van der Waals surface area contributed by atoms with Crippen LogP contribution in [0.25, 0.3) is 0 Å². The normalized spacial score (nSPS) is 18.5. The molecule has 3 rings (SSSR count). The molecule has 0 radical (unpaired) electrons. The lowest BCUT2D eigenvalue weighted by atomic mass is 10.1. The Morgan fingerprint density at radius 2 is 2.00 bits per heavy atom. The molecule has 1 aromatic heterocycles. The number of carbonyl (C=O) groups excluding carboxylic acids is 1. The quantitative estimate of drug-likeness (QED) is 0.790. The van der Waals surface area contributed by atoms with E-state index >= 15 is 0 Å². The zero-order valence-electron chi connectivity index (χ0n) is 8.44. The van der Waals surface area contributed by atoms with Crippen molar-refractivity contribution in [1.29, 1.82) is 0 Å². The summed E-state index contributed by atoms with van der Waals surface area (Å²) in [7, 11) is 0. The third-order valence-electron chi connectivity index (χ3n) is 2.62. The number of hydrogen-bond acceptors (Lipinski definition) is 3. The van der Waals surface area contributed by atoms with Crippen molar-refractivity contribution in [2.45, 2.75) is 6.17 Å². The molecule has 16 heavy (non-hydrogen) atoms. The number of amides is 1. The lowest BCUT2D eigenvalue weighted by molar-refractivity contribution is 0.0936. The number of anilines is 1. The molecular formula is C12H10N2OS. The van der Waals surface area contributed by atoms with Gasteiger partial charge in [0.1, 0.15) is 6.17 Å². The van der Waals surface area contributed by atoms with Crippen LogP contribution in [0.2, 0.25) is 0 Å². The lowest BCUT2D eigenvalue weighted by Crippen LogP contribution is -2.38. The second-order valence-corrected chi connectivity index (χ2v) is 4.43. The standard InChI is InChI=1S/C12H10N2OS/c15-12-9-3-1-2-4-10(9)13-11(14-12)8-5-6-16-7-8/h1-7,11,13H,(H,14,15)/t11-/m0/s1. The van der Waals surface area contributed by atoms with Crippen LogP contribution < -0.4 is 10.6 Å². The molecule has 0 saturated heterocycles. The first kappa shape index (κ1) is 9.42. The van der Waals surface area contributed by atoms with Crippen LogP contribution in [-0.2, 0) is 0 Å². The van der Waals surface area contributed by atoms with Gasteiger partial charge in [-0.1, -0.05) is 12.1 Å². The smallest absolute Gasteiger partial charge is 0.255 e. The van der Waals surface area contributed by atoms with Crippen LogP contribution >= 0.6 is 11.3 Å². The third-order valence-corrected chi connectivity index (χ3v) is 3.32. The minimum Gasteiger partial charge on any atom is -0.361 e. The summed E-state index contributed by atoms with van der Waals surface area (Å²) in [5.41, 5.74) is 2.68. The Hall–Kier alpha value is -1.81. The summed E-state index contributed by atoms with van der Waals surface area (Å²) in [4.78, 5) is 11.8. The van der Waals surface area contributed by atoms with E-state index in [4.69, 9.17) is 0 Å². The number of benzene rings is 1. The van der Waals surface area contributed by atoms with Gasteiger partial charge in [-0.15, -0.1) is 0 Å². The maximum atomic E-state index is 11.8. The molecule has 2 aromatic rings. The Morgan fingerprint density at radius 1 is 1.12 bits per heavy atom. The van der Waals surface area contributed by atoms with Crippen LogP contribution in [0.5, 0.6) is 0 Å². The molecule has 0 aliphatic carbocycles. The summed E-state index contributed by atoms with van der Waals surface area (Å²) in [5.74, 6) is -0.0226. The summed E-state index contributed by atoms with van der Waals surface area (Å²) < 4.78 is 0. The van der Waals surface area contributed by atoms with Gasteiger partial charge >= 0.3 is 0 Å². The van der Waals surface area contributed by atoms with Gasteiger partial charge in [0.2, 0.25) is 0 Å². The zero-order chi connectivity index (χ0) is 11.0. The van der Waals surface area contributed by atoms with Gasteiger partial charge in [-0.3, -0.25) is 4.79 Å². The summed E-state index contributed by atoms with van der Waals surface area (Å²) in [5, 5.41) is 10.3. The molecule has 1 aliphatic rings. The number of carbonyl (C=O) groups is 1. The lowest BCUT2D eigenvalue weighted by Gasteiger charge is -2.27. The average Bonchev–Trinajstić information content (AvgIpc) is 2.82. The molecule has 2 heterocycles. The molecule has 80 valence electrons. The van der Waals surface area contributed by atoms with Crippen LogP contribution in [0.15, 0.2) is 41.1 Å². The number of para-hydroxylation sites is 1. The highest BCUT2D eigenvalue weighted by atomic mass is 32.1. The number of nitrogens with one attached hydrogen (secondary N) is 2. The fourth-order valence-electron chi connectivity index (χ4n) is 1.81. The number of hydrogen-bond donors (Lipinski definition) is 2. The van der Waals surface area contributed by atoms with Gasteiger partial charge in [0.05, 0.1) is 5.56 Å². The Balaban J connectivity index is 1.98. The van der Waals surface area contributed by atoms with Crippen LogP contribution in [0.1, 0.15) is 22.1 Å². The molecule has 0 unspecified atom stereocenters. The van der Waals surface area contributed by atoms with Crippen LogP contribution in [0, 0.1) is 0 Å². The molecule has 1 aliphatic heterocycles. The molecule has 3 nitrogen and oxygen atoms in total. The van der Waals surface area contributed by atoms with Crippen LogP contribution in [0.3, 0.4) is 0 Å². The van der Waals surface area contributed by atoms with E-state index in [-0.39, 0.29) is 12.1 Å². The van der Waals surface area contributed by atoms with E-state index in [2.05, 4.69) is 10.6 Å². The van der Waals surface area contributed by atoms with Crippen molar-refractivity contribution in [2.24, 2.45) is 0 Å². The van der Waals surface area contributed by atoms with E-state index < -0.39 is 0 Å². The van der Waals surface area contributed by atoms with E-state index in [0.29, 0.717) is 5.56 Å². The second kappa shape index (κ2) is 3.64. The van der Waals surface area contributed by atoms with Gasteiger partial charge in [-0.2, -0.15) is 11.3 Å². The average molecular weight is 230 g/mol. The second-order valence-electron chi connectivity index (χ2n) is 3.65. The highest BCUT2D eigenvalue weighted by molar-refractivity contribution is 7.08. The maximum absolute atomic E-state index is 11.8. The Morgan fingerprint density at radius 3 is 2.81 bits per heavy atom. The van der Waals surface area contributed by atoms with E-state index in [1.165, 1.54) is 0 Å². The molecular weight excluding hydrogens is 220 g/mol. The molecule has 1 aromatic carbocycles. The van der Waals surface area contributed by atoms with E-state index in [0.717, 1.165) is 11.3 Å². The highest BCUT2D eigenvalue weighted by Crippen LogP contribution is 2.26. The van der Waals surface area contributed by atoms with Gasteiger partial charge in [-0.25, -0.2) is 0 Å². The fourth-order valence-corrected chi connectivity index (χ4v) is 2.50. The van der Waals surface area contributed by atoms with Crippen molar-refractivity contribution in [1.82, 2.24) is 5.32 Å². The van der Waals surface area contributed by atoms with Gasteiger partial charge in [-0.05, 0) is 29.0 Å². The van der Waals surface area contributed by atoms with E-state index in [9.17, 15) is 4.79 Å². The Kier molecular flexibility index (Phi) is 2.15. The summed E-state index contributed by atoms with van der Waals surface area (Å²) in [6.45, 7) is 0. The van der Waals surface area contributed by atoms with Crippen molar-refractivity contribution in [3.63, 3.8) is 0 Å². The zero-order valence-corrected chi connectivity index (χ0v) is 9.25. The minimum absolute atomic E-state index is 0.0226. The summed E-state index contributed by atoms with van der Waals surface area (Å²) >= 11 is 1.62. The molecule has 0 bridgehead atoms. The molecule has 0 saturated carbocycles. The number of thiophene rings is 1. The predicted molar refractivity (Wildman–Crippen MR) is 64.6 cm³/mol. The Bertz CT molecular complexity index is 522. The topological polar surface area (TPSA) is 41.1 Å². The highest BCUT2D eigenvalue weighted by Gasteiger charge is 2.23. The predicted octanol–water partition coefficient (Wildman–Crippen LogP) is 2.60. The van der Waals surface area contributed by atoms with Crippen LogP contribution in [0.4, 0.5) is 5.69 Å². The first-order valence-electron chi connectivity index (χ1n) is 5.03. The maximum Gasteiger partial charge on any atom is 0.255 e. The number of fused-ring (bicyclic) bond motifs is 1. The number of rotatable bonds is 1. The molecule has 1 atom stereocenters. The monoisotopic (exact) mass is 230 g/mol. The molecule has 1 amide bonds. The van der Waals surface area contributed by atoms with Crippen molar-refractivity contribution in [3.05, 3.63) is 52.2 Å². The van der Waals surface area contributed by atoms with Crippen LogP contribution in [-0.4, -0.2) is 5.91 Å². The molecule has 0 fully saturated rings. The summed E-state index contributed by atoms with van der Waals surface area (Å²) in [6.07, 6.45) is -0.117. The first-order valence-corrected chi connectivity index (χ1v) is 5.97. The molecule has 0 spiro atoms. The summed E-state index contributed by atoms with van der Waals surface area (Å²) in [6, 6.07) is 9.55. The van der Waals surface area contributed by atoms with E-state index in [1.807, 2.05) is 41.1 Å². The molecule has 2 N–H and O–H groups in total. The van der Waals surface area contributed by atoms with Gasteiger partial charge in [0.15, 0.2) is 0 Å². The fraction of sp³-hybridized carbons (Fsp3) is 0.0833. The van der Waals surface area contributed by atoms with Gasteiger partial charge in [0.25, 0.3) is 5.91 Å². The largest absolute Gasteiger partial charge is 0.361 e. The Labute approximate surface area is 97.1 Å². The van der Waals surface area contributed by atoms with Gasteiger partial charge in [0, 0.05) is 11.3 Å². The minimum atomic E-state index is -0.117. The van der Waals surface area contributed by atoms with Crippen molar-refractivity contribution >= 4 is 22.9 Å². The first-order chi connectivity index (χ1) is 7.84. The van der Waals surface area contributed by atoms with Crippen molar-refractivity contribution < 1.29 is 4.79 Å².